The van der Waals surface area contributed by atoms with E-state index in [1.165, 1.54) is 0 Å². The number of hydrogen-bond acceptors (Lipinski definition) is 5. The van der Waals surface area contributed by atoms with Crippen LogP contribution in [-0.2, 0) is 0 Å². The zero-order chi connectivity index (χ0) is 41.7. The molecule has 0 atom stereocenters. The molecule has 12 rings (SSSR count). The van der Waals surface area contributed by atoms with Crippen molar-refractivity contribution in [3.63, 3.8) is 0 Å². The van der Waals surface area contributed by atoms with E-state index in [1.54, 1.807) is 0 Å². The van der Waals surface area contributed by atoms with Crippen molar-refractivity contribution in [1.29, 1.82) is 0 Å². The summed E-state index contributed by atoms with van der Waals surface area (Å²) in [7, 11) is 0. The molecule has 0 unspecified atom stereocenters. The minimum atomic E-state index is 0.614. The van der Waals surface area contributed by atoms with Crippen molar-refractivity contribution >= 4 is 43.6 Å². The third kappa shape index (κ3) is 6.60. The number of benzene rings is 9. The third-order valence-electron chi connectivity index (χ3n) is 12.0. The largest absolute Gasteiger partial charge is 0.455 e. The zero-order valence-electron chi connectivity index (χ0n) is 34.0. The van der Waals surface area contributed by atoms with E-state index in [4.69, 9.17) is 24.4 Å². The molecule has 9 aromatic carbocycles. The summed E-state index contributed by atoms with van der Waals surface area (Å²) in [6.07, 6.45) is 0. The maximum Gasteiger partial charge on any atom is 0.164 e. The van der Waals surface area contributed by atoms with Gasteiger partial charge in [-0.2, -0.15) is 0 Å². The van der Waals surface area contributed by atoms with Crippen molar-refractivity contribution in [2.75, 3.05) is 0 Å². The summed E-state index contributed by atoms with van der Waals surface area (Å²) in [5.74, 6) is 1.86. The minimum Gasteiger partial charge on any atom is -0.455 e. The van der Waals surface area contributed by atoms with Gasteiger partial charge in [0.1, 0.15) is 11.2 Å². The molecule has 12 aromatic rings. The molecule has 0 aliphatic heterocycles. The number of hydrogen-bond donors (Lipinski definition) is 0. The zero-order valence-corrected chi connectivity index (χ0v) is 34.0. The van der Waals surface area contributed by atoms with Gasteiger partial charge in [0.05, 0.1) is 22.0 Å². The normalized spacial score (nSPS) is 11.5. The highest BCUT2D eigenvalue weighted by Crippen LogP contribution is 2.42. The van der Waals surface area contributed by atoms with Crippen molar-refractivity contribution in [2.45, 2.75) is 0 Å². The SMILES string of the molecule is c1ccc(-c2ccc(-c3nc(-c4ccc(-c5ccccc5)cc4)nc(-c4ccc(-c5ccc(-c6nc7ccc8ccccc8c7c7oc8ccccc8c67)cc5)cc4)n3)cc2)cc1. The van der Waals surface area contributed by atoms with Gasteiger partial charge in [0, 0.05) is 27.6 Å². The van der Waals surface area contributed by atoms with Gasteiger partial charge in [-0.15, -0.1) is 0 Å². The van der Waals surface area contributed by atoms with E-state index >= 15 is 0 Å². The van der Waals surface area contributed by atoms with Crippen LogP contribution in [0.5, 0.6) is 0 Å². The maximum atomic E-state index is 6.63. The number of pyridine rings is 1. The molecule has 3 aromatic heterocycles. The van der Waals surface area contributed by atoms with Crippen LogP contribution in [0.4, 0.5) is 0 Å². The second kappa shape index (κ2) is 15.2. The minimum absolute atomic E-state index is 0.614. The van der Waals surface area contributed by atoms with E-state index in [0.717, 1.165) is 105 Å². The van der Waals surface area contributed by atoms with Crippen LogP contribution in [0.2, 0.25) is 0 Å². The molecule has 63 heavy (non-hydrogen) atoms. The predicted octanol–water partition coefficient (Wildman–Crippen LogP) is 15.1. The average molecular weight is 805 g/mol. The van der Waals surface area contributed by atoms with Gasteiger partial charge < -0.3 is 4.42 Å². The molecule has 0 spiro atoms. The van der Waals surface area contributed by atoms with Crippen molar-refractivity contribution in [3.8, 4) is 78.8 Å². The lowest BCUT2D eigenvalue weighted by molar-refractivity contribution is 0.673. The highest BCUT2D eigenvalue weighted by atomic mass is 16.3. The van der Waals surface area contributed by atoms with Crippen molar-refractivity contribution < 1.29 is 4.42 Å². The Morgan fingerprint density at radius 1 is 0.270 bits per heavy atom. The fourth-order valence-electron chi connectivity index (χ4n) is 8.71. The predicted molar refractivity (Wildman–Crippen MR) is 258 cm³/mol. The summed E-state index contributed by atoms with van der Waals surface area (Å²) in [6.45, 7) is 0. The van der Waals surface area contributed by atoms with Crippen LogP contribution in [0.1, 0.15) is 0 Å². The molecule has 0 N–H and O–H groups in total. The molecule has 5 nitrogen and oxygen atoms in total. The fraction of sp³-hybridized carbons (Fsp3) is 0. The molecule has 0 saturated heterocycles. The van der Waals surface area contributed by atoms with Gasteiger partial charge in [0.15, 0.2) is 17.5 Å². The Morgan fingerprint density at radius 3 is 1.17 bits per heavy atom. The van der Waals surface area contributed by atoms with E-state index in [2.05, 4.69) is 194 Å². The Hall–Kier alpha value is -8.54. The van der Waals surface area contributed by atoms with Gasteiger partial charge in [-0.25, -0.2) is 19.9 Å². The summed E-state index contributed by atoms with van der Waals surface area (Å²) in [5, 5.41) is 5.43. The first-order chi connectivity index (χ1) is 31.2. The number of nitrogens with zero attached hydrogens (tertiary/aromatic N) is 4. The highest BCUT2D eigenvalue weighted by molar-refractivity contribution is 6.25. The first-order valence-electron chi connectivity index (χ1n) is 21.1. The van der Waals surface area contributed by atoms with Crippen LogP contribution in [-0.4, -0.2) is 19.9 Å². The molecule has 0 fully saturated rings. The number of para-hydroxylation sites is 1. The lowest BCUT2D eigenvalue weighted by atomic mass is 9.97. The Kier molecular flexibility index (Phi) is 8.75. The van der Waals surface area contributed by atoms with Crippen LogP contribution in [0.15, 0.2) is 223 Å². The third-order valence-corrected chi connectivity index (χ3v) is 12.0. The van der Waals surface area contributed by atoms with E-state index in [9.17, 15) is 0 Å². The van der Waals surface area contributed by atoms with Gasteiger partial charge in [0.25, 0.3) is 0 Å². The molecular weight excluding hydrogens is 769 g/mol. The molecule has 0 aliphatic rings. The molecule has 0 radical (unpaired) electrons. The Morgan fingerprint density at radius 2 is 0.667 bits per heavy atom. The average Bonchev–Trinajstić information content (AvgIpc) is 3.76. The van der Waals surface area contributed by atoms with E-state index < -0.39 is 0 Å². The van der Waals surface area contributed by atoms with Gasteiger partial charge in [-0.3, -0.25) is 0 Å². The lowest BCUT2D eigenvalue weighted by Crippen LogP contribution is -2.00. The van der Waals surface area contributed by atoms with Crippen LogP contribution in [0.3, 0.4) is 0 Å². The van der Waals surface area contributed by atoms with Crippen LogP contribution < -0.4 is 0 Å². The Balaban J connectivity index is 0.899. The van der Waals surface area contributed by atoms with Crippen LogP contribution in [0.25, 0.3) is 122 Å². The van der Waals surface area contributed by atoms with Crippen LogP contribution >= 0.6 is 0 Å². The molecule has 0 saturated carbocycles. The van der Waals surface area contributed by atoms with Gasteiger partial charge in [-0.1, -0.05) is 206 Å². The van der Waals surface area contributed by atoms with Crippen LogP contribution in [0, 0.1) is 0 Å². The molecule has 0 amide bonds. The monoisotopic (exact) mass is 804 g/mol. The van der Waals surface area contributed by atoms with Crippen molar-refractivity contribution in [3.05, 3.63) is 218 Å². The fourth-order valence-corrected chi connectivity index (χ4v) is 8.71. The van der Waals surface area contributed by atoms with Gasteiger partial charge in [0.2, 0.25) is 0 Å². The van der Waals surface area contributed by atoms with E-state index in [-0.39, 0.29) is 0 Å². The number of aromatic nitrogens is 4. The lowest BCUT2D eigenvalue weighted by Gasteiger charge is -2.11. The molecular formula is C58H36N4O. The molecule has 5 heteroatoms. The topological polar surface area (TPSA) is 64.7 Å². The van der Waals surface area contributed by atoms with Crippen molar-refractivity contribution in [2.24, 2.45) is 0 Å². The number of fused-ring (bicyclic) bond motifs is 7. The summed E-state index contributed by atoms with van der Waals surface area (Å²) >= 11 is 0. The molecule has 0 aliphatic carbocycles. The number of rotatable bonds is 7. The standard InChI is InChI=1S/C58H36N4O/c1-3-11-37(12-4-1)39-21-29-45(30-22-39)56-60-57(46-31-23-40(24-32-46)38-13-5-2-6-14-38)62-58(61-56)47-33-25-42(26-34-47)41-19-27-44(28-20-41)54-53-49-17-9-10-18-51(49)63-55(53)52-48-16-8-7-15-43(48)35-36-50(52)59-54/h1-36H. The van der Waals surface area contributed by atoms with Gasteiger partial charge >= 0.3 is 0 Å². The van der Waals surface area contributed by atoms with E-state index in [0.29, 0.717) is 17.5 Å². The smallest absolute Gasteiger partial charge is 0.164 e. The molecule has 3 heterocycles. The first-order valence-corrected chi connectivity index (χ1v) is 21.1. The summed E-state index contributed by atoms with van der Waals surface area (Å²) in [6, 6.07) is 75.7. The highest BCUT2D eigenvalue weighted by Gasteiger charge is 2.20. The second-order valence-electron chi connectivity index (χ2n) is 15.8. The number of furan rings is 1. The molecule has 0 bridgehead atoms. The quantitative estimate of drug-likeness (QED) is 0.150. The van der Waals surface area contributed by atoms with Crippen molar-refractivity contribution in [1.82, 2.24) is 19.9 Å². The summed E-state index contributed by atoms with van der Waals surface area (Å²) in [5.41, 5.74) is 14.1. The summed E-state index contributed by atoms with van der Waals surface area (Å²) < 4.78 is 6.63. The summed E-state index contributed by atoms with van der Waals surface area (Å²) in [4.78, 5) is 20.5. The first kappa shape index (κ1) is 36.3. The molecule has 294 valence electrons. The van der Waals surface area contributed by atoms with Gasteiger partial charge in [-0.05, 0) is 56.3 Å². The Bertz CT molecular complexity index is 3520. The second-order valence-corrected chi connectivity index (χ2v) is 15.8. The Labute approximate surface area is 363 Å². The van der Waals surface area contributed by atoms with E-state index in [1.807, 2.05) is 24.3 Å². The maximum absolute atomic E-state index is 6.63.